The van der Waals surface area contributed by atoms with Gasteiger partial charge in [-0.05, 0) is 33.4 Å². The maximum absolute atomic E-state index is 3.14. The average molecular weight is 153 g/mol. The van der Waals surface area contributed by atoms with Crippen LogP contribution in [0.1, 0.15) is 26.7 Å². The minimum atomic E-state index is 1.07. The zero-order valence-corrected chi connectivity index (χ0v) is 7.85. The number of hydrogen-bond donors (Lipinski definition) is 1. The topological polar surface area (TPSA) is 12.0 Å². The van der Waals surface area contributed by atoms with Crippen LogP contribution >= 0.6 is 0 Å². The number of allylic oxidation sites excluding steroid dienone is 3. The van der Waals surface area contributed by atoms with Gasteiger partial charge in [-0.2, -0.15) is 0 Å². The zero-order valence-electron chi connectivity index (χ0n) is 7.85. The lowest BCUT2D eigenvalue weighted by Crippen LogP contribution is -2.07. The van der Waals surface area contributed by atoms with Gasteiger partial charge >= 0.3 is 0 Å². The lowest BCUT2D eigenvalue weighted by molar-refractivity contribution is 0.791. The molecule has 0 aliphatic rings. The molecular weight excluding hydrogens is 134 g/mol. The standard InChI is InChI=1S/C10H19N/c1-4-6-10(7-5-2)8-9-11-3/h4,6-7,11H,5,8-9H2,1-3H3/b6-4-,10-7+. The summed E-state index contributed by atoms with van der Waals surface area (Å²) in [5, 5.41) is 3.14. The van der Waals surface area contributed by atoms with Gasteiger partial charge in [-0.15, -0.1) is 0 Å². The SMILES string of the molecule is C/C=C\C(=C/CC)CCNC. The molecule has 11 heavy (non-hydrogen) atoms. The summed E-state index contributed by atoms with van der Waals surface area (Å²) < 4.78 is 0. The first kappa shape index (κ1) is 10.4. The molecule has 0 saturated heterocycles. The Balaban J connectivity index is 3.79. The molecule has 0 atom stereocenters. The van der Waals surface area contributed by atoms with Crippen LogP contribution in [0, 0.1) is 0 Å². The molecule has 0 aromatic rings. The average Bonchev–Trinajstić information content (AvgIpc) is 2.01. The van der Waals surface area contributed by atoms with Crippen molar-refractivity contribution in [3.63, 3.8) is 0 Å². The minimum absolute atomic E-state index is 1.07. The second kappa shape index (κ2) is 7.55. The smallest absolute Gasteiger partial charge is 0.00115 e. The van der Waals surface area contributed by atoms with Gasteiger partial charge in [0, 0.05) is 0 Å². The molecule has 0 aliphatic heterocycles. The summed E-state index contributed by atoms with van der Waals surface area (Å²) in [6.45, 7) is 5.29. The first-order valence-electron chi connectivity index (χ1n) is 4.31. The fraction of sp³-hybridized carbons (Fsp3) is 0.600. The molecule has 0 aromatic carbocycles. The van der Waals surface area contributed by atoms with E-state index < -0.39 is 0 Å². The lowest BCUT2D eigenvalue weighted by Gasteiger charge is -2.00. The van der Waals surface area contributed by atoms with E-state index in [-0.39, 0.29) is 0 Å². The summed E-state index contributed by atoms with van der Waals surface area (Å²) in [4.78, 5) is 0. The molecule has 0 heterocycles. The molecular formula is C10H19N. The third-order valence-corrected chi connectivity index (χ3v) is 1.51. The van der Waals surface area contributed by atoms with Gasteiger partial charge in [0.2, 0.25) is 0 Å². The molecule has 1 N–H and O–H groups in total. The van der Waals surface area contributed by atoms with Crippen LogP contribution in [0.5, 0.6) is 0 Å². The van der Waals surface area contributed by atoms with Crippen LogP contribution in [0.15, 0.2) is 23.8 Å². The molecule has 0 amide bonds. The maximum atomic E-state index is 3.14. The molecule has 0 unspecified atom stereocenters. The number of rotatable bonds is 5. The third-order valence-electron chi connectivity index (χ3n) is 1.51. The molecule has 64 valence electrons. The molecule has 0 saturated carbocycles. The Morgan fingerprint density at radius 1 is 1.45 bits per heavy atom. The Morgan fingerprint density at radius 2 is 2.18 bits per heavy atom. The maximum Gasteiger partial charge on any atom is -0.00115 e. The predicted octanol–water partition coefficient (Wildman–Crippen LogP) is 2.51. The monoisotopic (exact) mass is 153 g/mol. The molecule has 1 nitrogen and oxygen atoms in total. The van der Waals surface area contributed by atoms with Gasteiger partial charge < -0.3 is 5.32 Å². The number of nitrogens with one attached hydrogen (secondary N) is 1. The van der Waals surface area contributed by atoms with Crippen LogP contribution in [-0.4, -0.2) is 13.6 Å². The van der Waals surface area contributed by atoms with Gasteiger partial charge in [-0.25, -0.2) is 0 Å². The van der Waals surface area contributed by atoms with Crippen molar-refractivity contribution in [2.75, 3.05) is 13.6 Å². The Morgan fingerprint density at radius 3 is 2.64 bits per heavy atom. The summed E-state index contributed by atoms with van der Waals surface area (Å²) in [6.07, 6.45) is 8.81. The van der Waals surface area contributed by atoms with Crippen molar-refractivity contribution >= 4 is 0 Å². The fourth-order valence-corrected chi connectivity index (χ4v) is 0.999. The summed E-state index contributed by atoms with van der Waals surface area (Å²) in [6, 6.07) is 0. The van der Waals surface area contributed by atoms with Crippen molar-refractivity contribution < 1.29 is 0 Å². The molecule has 0 aliphatic carbocycles. The molecule has 0 fully saturated rings. The largest absolute Gasteiger partial charge is 0.319 e. The van der Waals surface area contributed by atoms with Crippen LogP contribution < -0.4 is 5.32 Å². The van der Waals surface area contributed by atoms with E-state index in [9.17, 15) is 0 Å². The Kier molecular flexibility index (Phi) is 7.16. The van der Waals surface area contributed by atoms with Crippen LogP contribution in [0.2, 0.25) is 0 Å². The van der Waals surface area contributed by atoms with Gasteiger partial charge in [-0.3, -0.25) is 0 Å². The number of hydrogen-bond acceptors (Lipinski definition) is 1. The highest BCUT2D eigenvalue weighted by molar-refractivity contribution is 5.17. The molecule has 0 spiro atoms. The molecule has 0 aromatic heterocycles. The van der Waals surface area contributed by atoms with Gasteiger partial charge in [0.25, 0.3) is 0 Å². The normalized spacial score (nSPS) is 12.8. The fourth-order valence-electron chi connectivity index (χ4n) is 0.999. The van der Waals surface area contributed by atoms with E-state index >= 15 is 0 Å². The van der Waals surface area contributed by atoms with Crippen molar-refractivity contribution in [2.45, 2.75) is 26.7 Å². The lowest BCUT2D eigenvalue weighted by atomic mass is 10.1. The van der Waals surface area contributed by atoms with Crippen molar-refractivity contribution in [3.8, 4) is 0 Å². The van der Waals surface area contributed by atoms with E-state index in [1.165, 1.54) is 5.57 Å². The Hall–Kier alpha value is -0.560. The van der Waals surface area contributed by atoms with Crippen molar-refractivity contribution in [1.82, 2.24) is 5.32 Å². The predicted molar refractivity (Wildman–Crippen MR) is 51.7 cm³/mol. The Labute approximate surface area is 70.2 Å². The van der Waals surface area contributed by atoms with Crippen LogP contribution in [0.4, 0.5) is 0 Å². The van der Waals surface area contributed by atoms with E-state index in [2.05, 4.69) is 37.4 Å². The van der Waals surface area contributed by atoms with E-state index in [1.807, 2.05) is 7.05 Å². The quantitative estimate of drug-likeness (QED) is 0.598. The summed E-state index contributed by atoms with van der Waals surface area (Å²) >= 11 is 0. The Bertz CT molecular complexity index is 134. The van der Waals surface area contributed by atoms with Gasteiger partial charge in [-0.1, -0.05) is 30.7 Å². The van der Waals surface area contributed by atoms with Crippen molar-refractivity contribution in [2.24, 2.45) is 0 Å². The van der Waals surface area contributed by atoms with E-state index in [4.69, 9.17) is 0 Å². The van der Waals surface area contributed by atoms with Crippen LogP contribution in [0.25, 0.3) is 0 Å². The van der Waals surface area contributed by atoms with E-state index in [1.54, 1.807) is 0 Å². The van der Waals surface area contributed by atoms with Crippen molar-refractivity contribution in [3.05, 3.63) is 23.8 Å². The van der Waals surface area contributed by atoms with Gasteiger partial charge in [0.05, 0.1) is 0 Å². The van der Waals surface area contributed by atoms with Gasteiger partial charge in [0.1, 0.15) is 0 Å². The molecule has 0 radical (unpaired) electrons. The van der Waals surface area contributed by atoms with Crippen LogP contribution in [0.3, 0.4) is 0 Å². The molecule has 1 heteroatoms. The second-order valence-electron chi connectivity index (χ2n) is 2.54. The second-order valence-corrected chi connectivity index (χ2v) is 2.54. The van der Waals surface area contributed by atoms with E-state index in [0.717, 1.165) is 19.4 Å². The molecule has 0 bridgehead atoms. The van der Waals surface area contributed by atoms with Crippen LogP contribution in [-0.2, 0) is 0 Å². The minimum Gasteiger partial charge on any atom is -0.319 e. The van der Waals surface area contributed by atoms with Gasteiger partial charge in [0.15, 0.2) is 0 Å². The summed E-state index contributed by atoms with van der Waals surface area (Å²) in [5.74, 6) is 0. The first-order chi connectivity index (χ1) is 5.35. The first-order valence-corrected chi connectivity index (χ1v) is 4.31. The highest BCUT2D eigenvalue weighted by atomic mass is 14.8. The highest BCUT2D eigenvalue weighted by Gasteiger charge is 1.88. The zero-order chi connectivity index (χ0) is 8.53. The molecule has 0 rings (SSSR count). The summed E-state index contributed by atoms with van der Waals surface area (Å²) in [5.41, 5.74) is 1.43. The summed E-state index contributed by atoms with van der Waals surface area (Å²) in [7, 11) is 1.99. The van der Waals surface area contributed by atoms with E-state index in [0.29, 0.717) is 0 Å². The highest BCUT2D eigenvalue weighted by Crippen LogP contribution is 2.03. The van der Waals surface area contributed by atoms with Crippen molar-refractivity contribution in [1.29, 1.82) is 0 Å². The third kappa shape index (κ3) is 5.86.